The van der Waals surface area contributed by atoms with Crippen LogP contribution >= 0.6 is 23.1 Å². The Morgan fingerprint density at radius 2 is 2.30 bits per heavy atom. The van der Waals surface area contributed by atoms with Gasteiger partial charge < -0.3 is 10.1 Å². The lowest BCUT2D eigenvalue weighted by Crippen LogP contribution is -2.29. The number of nitrogens with zero attached hydrogens (tertiary/aromatic N) is 2. The lowest BCUT2D eigenvalue weighted by Gasteiger charge is -2.18. The van der Waals surface area contributed by atoms with Crippen LogP contribution in [-0.4, -0.2) is 41.0 Å². The number of carbonyl (C=O) groups is 1. The van der Waals surface area contributed by atoms with Crippen LogP contribution < -0.4 is 10.9 Å². The quantitative estimate of drug-likeness (QED) is 0.609. The molecule has 2 aromatic rings. The molecule has 0 unspecified atom stereocenters. The second kappa shape index (κ2) is 7.93. The van der Waals surface area contributed by atoms with Gasteiger partial charge in [-0.05, 0) is 43.6 Å². The second-order valence-corrected chi connectivity index (χ2v) is 9.47. The van der Waals surface area contributed by atoms with Gasteiger partial charge in [0.2, 0.25) is 5.91 Å². The third kappa shape index (κ3) is 3.79. The van der Waals surface area contributed by atoms with E-state index in [1.165, 1.54) is 22.2 Å². The first-order valence-corrected chi connectivity index (χ1v) is 11.4. The molecule has 0 radical (unpaired) electrons. The van der Waals surface area contributed by atoms with Crippen molar-refractivity contribution < 1.29 is 9.53 Å². The predicted molar refractivity (Wildman–Crippen MR) is 109 cm³/mol. The first kappa shape index (κ1) is 19.0. The van der Waals surface area contributed by atoms with Gasteiger partial charge in [0, 0.05) is 18.5 Å². The standard InChI is InChI=1S/C19H25N3O3S2/c1-11-5-6-13-14(8-11)27-17-16(13)18(24)22(9-12-4-3-7-25-12)19(21-17)26-10-15(23)20-2/h11-12H,3-10H2,1-2H3,(H,20,23)/t11-,12+/m1/s1. The first-order chi connectivity index (χ1) is 13.1. The Morgan fingerprint density at radius 3 is 3.04 bits per heavy atom. The smallest absolute Gasteiger partial charge is 0.263 e. The minimum absolute atomic E-state index is 0.0296. The zero-order valence-corrected chi connectivity index (χ0v) is 17.4. The maximum Gasteiger partial charge on any atom is 0.263 e. The highest BCUT2D eigenvalue weighted by atomic mass is 32.2. The second-order valence-electron chi connectivity index (χ2n) is 7.44. The third-order valence-corrected chi connectivity index (χ3v) is 7.53. The van der Waals surface area contributed by atoms with E-state index in [0.717, 1.165) is 48.9 Å². The number of ether oxygens (including phenoxy) is 1. The molecule has 27 heavy (non-hydrogen) atoms. The van der Waals surface area contributed by atoms with E-state index in [4.69, 9.17) is 9.72 Å². The lowest BCUT2D eigenvalue weighted by atomic mass is 9.89. The number of carbonyl (C=O) groups excluding carboxylic acids is 1. The summed E-state index contributed by atoms with van der Waals surface area (Å²) in [5.74, 6) is 0.835. The van der Waals surface area contributed by atoms with Crippen molar-refractivity contribution in [3.05, 3.63) is 20.8 Å². The van der Waals surface area contributed by atoms with E-state index in [1.54, 1.807) is 23.0 Å². The summed E-state index contributed by atoms with van der Waals surface area (Å²) in [6, 6.07) is 0. The summed E-state index contributed by atoms with van der Waals surface area (Å²) < 4.78 is 7.51. The topological polar surface area (TPSA) is 73.2 Å². The summed E-state index contributed by atoms with van der Waals surface area (Å²) in [7, 11) is 1.62. The molecule has 1 aliphatic carbocycles. The molecule has 2 aromatic heterocycles. The van der Waals surface area contributed by atoms with Crippen molar-refractivity contribution in [3.8, 4) is 0 Å². The Hall–Kier alpha value is -1.38. The number of fused-ring (bicyclic) bond motifs is 3. The van der Waals surface area contributed by atoms with Gasteiger partial charge in [-0.3, -0.25) is 14.2 Å². The van der Waals surface area contributed by atoms with Gasteiger partial charge in [-0.2, -0.15) is 0 Å². The fraction of sp³-hybridized carbons (Fsp3) is 0.632. The van der Waals surface area contributed by atoms with E-state index >= 15 is 0 Å². The van der Waals surface area contributed by atoms with Crippen LogP contribution in [0.3, 0.4) is 0 Å². The van der Waals surface area contributed by atoms with Crippen molar-refractivity contribution in [2.75, 3.05) is 19.4 Å². The molecule has 8 heteroatoms. The fourth-order valence-corrected chi connectivity index (χ4v) is 6.17. The molecular formula is C19H25N3O3S2. The number of hydrogen-bond acceptors (Lipinski definition) is 6. The van der Waals surface area contributed by atoms with Crippen molar-refractivity contribution in [1.82, 2.24) is 14.9 Å². The number of thioether (sulfide) groups is 1. The maximum atomic E-state index is 13.4. The minimum atomic E-state index is -0.0719. The zero-order valence-electron chi connectivity index (χ0n) is 15.7. The average Bonchev–Trinajstić information content (AvgIpc) is 3.29. The van der Waals surface area contributed by atoms with Crippen molar-refractivity contribution >= 4 is 39.2 Å². The molecule has 1 amide bonds. The van der Waals surface area contributed by atoms with Crippen LogP contribution in [0.5, 0.6) is 0 Å². The monoisotopic (exact) mass is 407 g/mol. The molecule has 146 valence electrons. The summed E-state index contributed by atoms with van der Waals surface area (Å²) in [4.78, 5) is 32.1. The van der Waals surface area contributed by atoms with Gasteiger partial charge in [0.1, 0.15) is 4.83 Å². The summed E-state index contributed by atoms with van der Waals surface area (Å²) in [5, 5.41) is 4.05. The molecule has 1 N–H and O–H groups in total. The van der Waals surface area contributed by atoms with E-state index in [2.05, 4.69) is 12.2 Å². The molecule has 2 atom stereocenters. The largest absolute Gasteiger partial charge is 0.376 e. The molecule has 2 aliphatic rings. The number of aryl methyl sites for hydroxylation is 1. The Kier molecular flexibility index (Phi) is 5.57. The van der Waals surface area contributed by atoms with Crippen LogP contribution in [0.1, 0.15) is 36.6 Å². The third-order valence-electron chi connectivity index (χ3n) is 5.40. The van der Waals surface area contributed by atoms with Gasteiger partial charge in [0.15, 0.2) is 5.16 Å². The Labute approximate surface area is 166 Å². The van der Waals surface area contributed by atoms with E-state index < -0.39 is 0 Å². The molecule has 0 saturated carbocycles. The van der Waals surface area contributed by atoms with Gasteiger partial charge >= 0.3 is 0 Å². The maximum absolute atomic E-state index is 13.4. The van der Waals surface area contributed by atoms with Crippen LogP contribution in [0.4, 0.5) is 0 Å². The molecule has 0 bridgehead atoms. The van der Waals surface area contributed by atoms with E-state index in [9.17, 15) is 9.59 Å². The lowest BCUT2D eigenvalue weighted by molar-refractivity contribution is -0.118. The van der Waals surface area contributed by atoms with Crippen molar-refractivity contribution in [1.29, 1.82) is 0 Å². The summed E-state index contributed by atoms with van der Waals surface area (Å²) in [6.07, 6.45) is 5.15. The molecule has 3 heterocycles. The highest BCUT2D eigenvalue weighted by Gasteiger charge is 2.26. The summed E-state index contributed by atoms with van der Waals surface area (Å²) in [5.41, 5.74) is 1.23. The highest BCUT2D eigenvalue weighted by molar-refractivity contribution is 7.99. The molecule has 6 nitrogen and oxygen atoms in total. The Bertz CT molecular complexity index is 915. The fourth-order valence-electron chi connectivity index (χ4n) is 3.87. The summed E-state index contributed by atoms with van der Waals surface area (Å²) in [6.45, 7) is 3.53. The Balaban J connectivity index is 1.78. The van der Waals surface area contributed by atoms with E-state index in [1.807, 2.05) is 0 Å². The number of rotatable bonds is 5. The molecule has 0 aromatic carbocycles. The van der Waals surface area contributed by atoms with Crippen LogP contribution in [0.2, 0.25) is 0 Å². The summed E-state index contributed by atoms with van der Waals surface area (Å²) >= 11 is 2.98. The van der Waals surface area contributed by atoms with Crippen LogP contribution in [0.25, 0.3) is 10.2 Å². The Morgan fingerprint density at radius 1 is 1.44 bits per heavy atom. The van der Waals surface area contributed by atoms with Gasteiger partial charge in [-0.1, -0.05) is 18.7 Å². The van der Waals surface area contributed by atoms with Crippen molar-refractivity contribution in [3.63, 3.8) is 0 Å². The van der Waals surface area contributed by atoms with Crippen LogP contribution in [-0.2, 0) is 28.9 Å². The van der Waals surface area contributed by atoms with Crippen LogP contribution in [0.15, 0.2) is 9.95 Å². The minimum Gasteiger partial charge on any atom is -0.376 e. The number of aromatic nitrogens is 2. The van der Waals surface area contributed by atoms with Crippen LogP contribution in [0, 0.1) is 5.92 Å². The normalized spacial score (nSPS) is 22.1. The molecule has 1 aliphatic heterocycles. The van der Waals surface area contributed by atoms with Gasteiger partial charge in [-0.15, -0.1) is 11.3 Å². The molecular weight excluding hydrogens is 382 g/mol. The molecule has 1 saturated heterocycles. The van der Waals surface area contributed by atoms with Crippen molar-refractivity contribution in [2.45, 2.75) is 56.8 Å². The average molecular weight is 408 g/mol. The first-order valence-electron chi connectivity index (χ1n) is 9.57. The van der Waals surface area contributed by atoms with Gasteiger partial charge in [0.05, 0.1) is 23.8 Å². The number of hydrogen-bond donors (Lipinski definition) is 1. The zero-order chi connectivity index (χ0) is 19.0. The molecule has 0 spiro atoms. The highest BCUT2D eigenvalue weighted by Crippen LogP contribution is 2.36. The van der Waals surface area contributed by atoms with Gasteiger partial charge in [-0.25, -0.2) is 4.98 Å². The van der Waals surface area contributed by atoms with E-state index in [0.29, 0.717) is 17.6 Å². The van der Waals surface area contributed by atoms with E-state index in [-0.39, 0.29) is 23.3 Å². The van der Waals surface area contributed by atoms with Crippen molar-refractivity contribution in [2.24, 2.45) is 5.92 Å². The molecule has 4 rings (SSSR count). The number of nitrogens with one attached hydrogen (secondary N) is 1. The SMILES string of the molecule is CNC(=O)CSc1nc2sc3c(c2c(=O)n1C[C@@H]1CCCO1)CC[C@@H](C)C3. The number of amides is 1. The van der Waals surface area contributed by atoms with Gasteiger partial charge in [0.25, 0.3) is 5.56 Å². The predicted octanol–water partition coefficient (Wildman–Crippen LogP) is 2.60. The molecule has 1 fully saturated rings. The number of thiophene rings is 1.